The maximum absolute atomic E-state index is 13.0. The van der Waals surface area contributed by atoms with Crippen LogP contribution in [0.1, 0.15) is 57.4 Å². The van der Waals surface area contributed by atoms with E-state index in [-0.39, 0.29) is 11.1 Å². The van der Waals surface area contributed by atoms with Crippen LogP contribution in [0.4, 0.5) is 0 Å². The van der Waals surface area contributed by atoms with Gasteiger partial charge < -0.3 is 0 Å². The van der Waals surface area contributed by atoms with E-state index in [1.54, 1.807) is 4.57 Å². The molecule has 5 saturated carbocycles. The number of nitrogens with zero attached hydrogens (tertiary/aromatic N) is 2. The van der Waals surface area contributed by atoms with Crippen molar-refractivity contribution in [3.63, 3.8) is 0 Å². The van der Waals surface area contributed by atoms with Crippen LogP contribution in [0.5, 0.6) is 0 Å². The van der Waals surface area contributed by atoms with Gasteiger partial charge in [-0.1, -0.05) is 11.8 Å². The largest absolute Gasteiger partial charge is 0.344 e. The van der Waals surface area contributed by atoms with Crippen LogP contribution in [0.15, 0.2) is 9.95 Å². The van der Waals surface area contributed by atoms with Crippen LogP contribution in [-0.4, -0.2) is 26.3 Å². The fourth-order valence-electron chi connectivity index (χ4n) is 5.78. The van der Waals surface area contributed by atoms with Crippen LogP contribution >= 0.6 is 11.8 Å². The van der Waals surface area contributed by atoms with Crippen molar-refractivity contribution in [3.05, 3.63) is 10.5 Å². The minimum Gasteiger partial charge on any atom is -0.298 e. The number of ketones is 1. The second-order valence-electron chi connectivity index (χ2n) is 8.32. The van der Waals surface area contributed by atoms with Gasteiger partial charge in [0.05, 0.1) is 5.75 Å². The summed E-state index contributed by atoms with van der Waals surface area (Å²) >= 11 is 1.46. The van der Waals surface area contributed by atoms with Crippen molar-refractivity contribution < 1.29 is 4.79 Å². The molecule has 23 heavy (non-hydrogen) atoms. The Morgan fingerprint density at radius 3 is 2.35 bits per heavy atom. The van der Waals surface area contributed by atoms with Gasteiger partial charge in [0, 0.05) is 11.5 Å². The second kappa shape index (κ2) is 4.98. The Balaban J connectivity index is 1.32. The summed E-state index contributed by atoms with van der Waals surface area (Å²) < 4.78 is 1.75. The maximum Gasteiger partial charge on any atom is 0.344 e. The number of nitrogens with one attached hydrogen (secondary N) is 1. The molecule has 0 radical (unpaired) electrons. The first-order valence-corrected chi connectivity index (χ1v) is 9.94. The van der Waals surface area contributed by atoms with Crippen molar-refractivity contribution in [2.24, 2.45) is 23.2 Å². The van der Waals surface area contributed by atoms with Gasteiger partial charge in [0.2, 0.25) is 0 Å². The Bertz CT molecular complexity index is 668. The van der Waals surface area contributed by atoms with Gasteiger partial charge >= 0.3 is 5.69 Å². The topological polar surface area (TPSA) is 67.8 Å². The second-order valence-corrected chi connectivity index (χ2v) is 9.26. The number of hydrogen-bond acceptors (Lipinski definition) is 4. The van der Waals surface area contributed by atoms with Gasteiger partial charge in [-0.2, -0.15) is 0 Å². The maximum atomic E-state index is 13.0. The number of H-pyrrole nitrogens is 1. The van der Waals surface area contributed by atoms with Crippen molar-refractivity contribution in [1.29, 1.82) is 0 Å². The number of aromatic amines is 1. The molecule has 1 aromatic heterocycles. The highest BCUT2D eigenvalue weighted by Gasteiger charge is 2.54. The number of rotatable bonds is 5. The summed E-state index contributed by atoms with van der Waals surface area (Å²) in [5, 5.41) is 7.38. The molecule has 5 aliphatic carbocycles. The zero-order chi connectivity index (χ0) is 15.6. The molecule has 0 saturated heterocycles. The molecular weight excluding hydrogens is 310 g/mol. The van der Waals surface area contributed by atoms with E-state index in [1.807, 2.05) is 0 Å². The van der Waals surface area contributed by atoms with Crippen LogP contribution in [-0.2, 0) is 4.79 Å². The van der Waals surface area contributed by atoms with Gasteiger partial charge in [-0.25, -0.2) is 9.89 Å². The summed E-state index contributed by atoms with van der Waals surface area (Å²) in [6, 6.07) is 0.304. The van der Waals surface area contributed by atoms with Crippen LogP contribution < -0.4 is 5.69 Å². The van der Waals surface area contributed by atoms with Gasteiger partial charge in [-0.3, -0.25) is 9.36 Å². The van der Waals surface area contributed by atoms with E-state index >= 15 is 0 Å². The highest BCUT2D eigenvalue weighted by Crippen LogP contribution is 2.60. The molecule has 124 valence electrons. The molecule has 1 heterocycles. The van der Waals surface area contributed by atoms with Crippen LogP contribution in [0, 0.1) is 23.2 Å². The van der Waals surface area contributed by atoms with Crippen LogP contribution in [0.25, 0.3) is 0 Å². The predicted molar refractivity (Wildman–Crippen MR) is 87.5 cm³/mol. The number of carbonyl (C=O) groups excluding carboxylic acids is 1. The molecule has 4 bridgehead atoms. The zero-order valence-electron chi connectivity index (χ0n) is 13.3. The fourth-order valence-corrected chi connectivity index (χ4v) is 6.83. The molecule has 5 fully saturated rings. The highest BCUT2D eigenvalue weighted by molar-refractivity contribution is 7.99. The minimum absolute atomic E-state index is 0.0389. The quantitative estimate of drug-likeness (QED) is 0.841. The highest BCUT2D eigenvalue weighted by atomic mass is 32.2. The van der Waals surface area contributed by atoms with E-state index in [0.29, 0.717) is 22.7 Å². The van der Waals surface area contributed by atoms with E-state index in [2.05, 4.69) is 10.2 Å². The Morgan fingerprint density at radius 1 is 1.17 bits per heavy atom. The van der Waals surface area contributed by atoms with Crippen molar-refractivity contribution in [3.8, 4) is 0 Å². The van der Waals surface area contributed by atoms with E-state index < -0.39 is 0 Å². The van der Waals surface area contributed by atoms with Crippen molar-refractivity contribution in [2.75, 3.05) is 5.75 Å². The lowest BCUT2D eigenvalue weighted by Gasteiger charge is -2.56. The van der Waals surface area contributed by atoms with Crippen molar-refractivity contribution in [1.82, 2.24) is 14.8 Å². The first-order valence-electron chi connectivity index (χ1n) is 8.96. The molecule has 6 heteroatoms. The molecule has 0 atom stereocenters. The Kier molecular flexibility index (Phi) is 3.10. The zero-order valence-corrected chi connectivity index (χ0v) is 14.1. The number of hydrogen-bond donors (Lipinski definition) is 1. The first kappa shape index (κ1) is 14.3. The number of aromatic nitrogens is 3. The molecule has 0 spiro atoms. The lowest BCUT2D eigenvalue weighted by atomic mass is 9.48. The third-order valence-corrected chi connectivity index (χ3v) is 7.50. The van der Waals surface area contributed by atoms with Crippen LogP contribution in [0.3, 0.4) is 0 Å². The molecule has 1 N–H and O–H groups in total. The lowest BCUT2D eigenvalue weighted by molar-refractivity contribution is -0.141. The van der Waals surface area contributed by atoms with E-state index in [4.69, 9.17) is 0 Å². The number of thioether (sulfide) groups is 1. The average Bonchev–Trinajstić information content (AvgIpc) is 3.27. The molecular formula is C17H23N3O2S. The number of carbonyl (C=O) groups is 1. The van der Waals surface area contributed by atoms with Crippen LogP contribution in [0.2, 0.25) is 0 Å². The lowest BCUT2D eigenvalue weighted by Crippen LogP contribution is -2.50. The molecule has 5 aliphatic rings. The number of Topliss-reactive ketones (excluding diaryl/α,β-unsaturated/α-hetero) is 1. The molecule has 0 aromatic carbocycles. The molecule has 0 aliphatic heterocycles. The molecule has 6 rings (SSSR count). The SMILES string of the molecule is O=C(CSc1n[nH]c(=O)n1C1CC1)C12CC3CC(CC(C3)C1)C2. The fraction of sp³-hybridized carbons (Fsp3) is 0.824. The van der Waals surface area contributed by atoms with E-state index in [9.17, 15) is 9.59 Å². The standard InChI is InChI=1S/C17H23N3O2S/c21-14(9-23-16-19-18-15(22)20(16)13-1-2-13)17-6-10-3-11(7-17)5-12(4-10)8-17/h10-13H,1-9H2,(H,18,22). The monoisotopic (exact) mass is 333 g/mol. The molecule has 5 nitrogen and oxygen atoms in total. The van der Waals surface area contributed by atoms with Gasteiger partial charge in [0.1, 0.15) is 5.78 Å². The van der Waals surface area contributed by atoms with Crippen molar-refractivity contribution in [2.45, 2.75) is 62.6 Å². The summed E-state index contributed by atoms with van der Waals surface area (Å²) in [5.74, 6) is 3.28. The average molecular weight is 333 g/mol. The summed E-state index contributed by atoms with van der Waals surface area (Å²) in [6.07, 6.45) is 9.55. The van der Waals surface area contributed by atoms with Crippen molar-refractivity contribution >= 4 is 17.5 Å². The minimum atomic E-state index is -0.128. The third kappa shape index (κ3) is 2.32. The smallest absolute Gasteiger partial charge is 0.298 e. The summed E-state index contributed by atoms with van der Waals surface area (Å²) in [7, 11) is 0. The first-order chi connectivity index (χ1) is 11.1. The Hall–Kier alpha value is -1.04. The van der Waals surface area contributed by atoms with Gasteiger partial charge in [0.15, 0.2) is 5.16 Å². The van der Waals surface area contributed by atoms with E-state index in [1.165, 1.54) is 31.0 Å². The van der Waals surface area contributed by atoms with Gasteiger partial charge in [-0.05, 0) is 69.1 Å². The molecule has 0 amide bonds. The normalized spacial score (nSPS) is 38.2. The third-order valence-electron chi connectivity index (χ3n) is 6.55. The molecule has 0 unspecified atom stereocenters. The van der Waals surface area contributed by atoms with Gasteiger partial charge in [0.25, 0.3) is 0 Å². The van der Waals surface area contributed by atoms with Gasteiger partial charge in [-0.15, -0.1) is 5.10 Å². The Morgan fingerprint density at radius 2 is 1.78 bits per heavy atom. The summed E-state index contributed by atoms with van der Waals surface area (Å²) in [5.41, 5.74) is -0.166. The summed E-state index contributed by atoms with van der Waals surface area (Å²) in [6.45, 7) is 0. The molecule has 1 aromatic rings. The summed E-state index contributed by atoms with van der Waals surface area (Å²) in [4.78, 5) is 24.9. The van der Waals surface area contributed by atoms with E-state index in [0.717, 1.165) is 49.9 Å². The predicted octanol–water partition coefficient (Wildman–Crippen LogP) is 2.78. The Labute approximate surface area is 139 Å².